The maximum Gasteiger partial charge on any atom is 0.158 e. The Labute approximate surface area is 73.7 Å². The van der Waals surface area contributed by atoms with Crippen LogP contribution in [0.4, 0.5) is 0 Å². The van der Waals surface area contributed by atoms with Crippen LogP contribution in [0.1, 0.15) is 39.5 Å². The van der Waals surface area contributed by atoms with E-state index in [0.717, 1.165) is 0 Å². The highest BCUT2D eigenvalue weighted by Crippen LogP contribution is 2.05. The lowest BCUT2D eigenvalue weighted by molar-refractivity contribution is -0.122. The molecule has 0 spiro atoms. The number of hydrogen-bond acceptors (Lipinski definition) is 2. The Balaban J connectivity index is 3.72. The highest BCUT2D eigenvalue weighted by Gasteiger charge is 2.07. The van der Waals surface area contributed by atoms with E-state index in [1.54, 1.807) is 6.92 Å². The highest BCUT2D eigenvalue weighted by atomic mass is 16.1. The molecule has 0 N–H and O–H groups in total. The van der Waals surface area contributed by atoms with E-state index in [2.05, 4.69) is 6.58 Å². The fourth-order valence-electron chi connectivity index (χ4n) is 0.804. The molecule has 0 unspecified atom stereocenters. The average Bonchev–Trinajstić information content (AvgIpc) is 2.11. The Morgan fingerprint density at radius 2 is 1.67 bits per heavy atom. The number of allylic oxidation sites excluding steroid dienone is 1. The Bertz CT molecular complexity index is 192. The van der Waals surface area contributed by atoms with E-state index in [4.69, 9.17) is 0 Å². The molecule has 0 radical (unpaired) electrons. The molecule has 0 aromatic carbocycles. The Morgan fingerprint density at radius 3 is 2.08 bits per heavy atom. The van der Waals surface area contributed by atoms with Crippen LogP contribution in [0.25, 0.3) is 0 Å². The van der Waals surface area contributed by atoms with Crippen molar-refractivity contribution in [1.82, 2.24) is 0 Å². The standard InChI is InChI=1S/C10H16O2/c1-4-8(3)10(12)7-6-9(11)5-2/h3-7H2,1-2H3. The van der Waals surface area contributed by atoms with E-state index in [-0.39, 0.29) is 11.6 Å². The van der Waals surface area contributed by atoms with Crippen molar-refractivity contribution in [3.63, 3.8) is 0 Å². The molecule has 0 saturated carbocycles. The third-order valence-electron chi connectivity index (χ3n) is 1.85. The van der Waals surface area contributed by atoms with Gasteiger partial charge in [-0.25, -0.2) is 0 Å². The molecule has 12 heavy (non-hydrogen) atoms. The summed E-state index contributed by atoms with van der Waals surface area (Å²) >= 11 is 0. The topological polar surface area (TPSA) is 34.1 Å². The minimum absolute atomic E-state index is 0.0271. The van der Waals surface area contributed by atoms with E-state index in [1.807, 2.05) is 6.92 Å². The second-order valence-corrected chi connectivity index (χ2v) is 2.77. The van der Waals surface area contributed by atoms with Crippen molar-refractivity contribution in [3.05, 3.63) is 12.2 Å². The number of Topliss-reactive ketones (excluding diaryl/α,β-unsaturated/α-hetero) is 2. The number of ketones is 2. The number of rotatable bonds is 6. The molecule has 0 atom stereocenters. The smallest absolute Gasteiger partial charge is 0.158 e. The molecule has 0 aromatic heterocycles. The molecule has 0 saturated heterocycles. The first-order valence-corrected chi connectivity index (χ1v) is 4.34. The fourth-order valence-corrected chi connectivity index (χ4v) is 0.804. The number of hydrogen-bond donors (Lipinski definition) is 0. The molecule has 0 amide bonds. The predicted molar refractivity (Wildman–Crippen MR) is 49.0 cm³/mol. The van der Waals surface area contributed by atoms with Crippen LogP contribution in [0.2, 0.25) is 0 Å². The molecule has 0 bridgehead atoms. The summed E-state index contributed by atoms with van der Waals surface area (Å²) < 4.78 is 0. The third kappa shape index (κ3) is 4.06. The van der Waals surface area contributed by atoms with Gasteiger partial charge in [-0.2, -0.15) is 0 Å². The molecular weight excluding hydrogens is 152 g/mol. The minimum atomic E-state index is 0.0271. The van der Waals surface area contributed by atoms with Crippen LogP contribution >= 0.6 is 0 Å². The normalized spacial score (nSPS) is 9.50. The zero-order valence-electron chi connectivity index (χ0n) is 7.85. The molecular formula is C10H16O2. The molecule has 2 heteroatoms. The maximum atomic E-state index is 11.1. The summed E-state index contributed by atoms with van der Waals surface area (Å²) in [5.74, 6) is 0.173. The van der Waals surface area contributed by atoms with Gasteiger partial charge in [0.2, 0.25) is 0 Å². The third-order valence-corrected chi connectivity index (χ3v) is 1.85. The molecule has 0 rings (SSSR count). The maximum absolute atomic E-state index is 11.1. The van der Waals surface area contributed by atoms with Gasteiger partial charge >= 0.3 is 0 Å². The molecule has 0 aliphatic carbocycles. The lowest BCUT2D eigenvalue weighted by atomic mass is 10.0. The second-order valence-electron chi connectivity index (χ2n) is 2.77. The van der Waals surface area contributed by atoms with Crippen molar-refractivity contribution in [1.29, 1.82) is 0 Å². The molecule has 0 heterocycles. The van der Waals surface area contributed by atoms with Gasteiger partial charge in [0.15, 0.2) is 5.78 Å². The van der Waals surface area contributed by atoms with Crippen LogP contribution in [0.15, 0.2) is 12.2 Å². The van der Waals surface area contributed by atoms with Crippen LogP contribution in [0.5, 0.6) is 0 Å². The first kappa shape index (κ1) is 11.1. The van der Waals surface area contributed by atoms with Crippen molar-refractivity contribution >= 4 is 11.6 Å². The lowest BCUT2D eigenvalue weighted by Crippen LogP contribution is -2.04. The number of carbonyl (C=O) groups excluding carboxylic acids is 2. The van der Waals surface area contributed by atoms with E-state index in [9.17, 15) is 9.59 Å². The predicted octanol–water partition coefficient (Wildman–Crippen LogP) is 2.28. The van der Waals surface area contributed by atoms with Crippen LogP contribution in [0, 0.1) is 0 Å². The van der Waals surface area contributed by atoms with Crippen LogP contribution < -0.4 is 0 Å². The summed E-state index contributed by atoms with van der Waals surface area (Å²) in [7, 11) is 0. The van der Waals surface area contributed by atoms with Crippen LogP contribution in [-0.4, -0.2) is 11.6 Å². The van der Waals surface area contributed by atoms with E-state index >= 15 is 0 Å². The van der Waals surface area contributed by atoms with Gasteiger partial charge in [-0.15, -0.1) is 0 Å². The van der Waals surface area contributed by atoms with Crippen LogP contribution in [-0.2, 0) is 9.59 Å². The average molecular weight is 168 g/mol. The first-order valence-electron chi connectivity index (χ1n) is 4.34. The quantitative estimate of drug-likeness (QED) is 0.570. The fraction of sp³-hybridized carbons (Fsp3) is 0.600. The molecule has 0 aliphatic rings. The molecule has 0 aromatic rings. The van der Waals surface area contributed by atoms with Crippen molar-refractivity contribution in [2.45, 2.75) is 39.5 Å². The minimum Gasteiger partial charge on any atom is -0.300 e. The molecule has 68 valence electrons. The Hall–Kier alpha value is -0.920. The van der Waals surface area contributed by atoms with Gasteiger partial charge in [-0.3, -0.25) is 9.59 Å². The zero-order chi connectivity index (χ0) is 9.56. The van der Waals surface area contributed by atoms with Gasteiger partial charge in [0.05, 0.1) is 0 Å². The summed E-state index contributed by atoms with van der Waals surface area (Å²) in [5.41, 5.74) is 0.624. The van der Waals surface area contributed by atoms with Crippen LogP contribution in [0.3, 0.4) is 0 Å². The number of carbonyl (C=O) groups is 2. The summed E-state index contributed by atoms with van der Waals surface area (Å²) in [4.78, 5) is 22.0. The Morgan fingerprint density at radius 1 is 1.08 bits per heavy atom. The largest absolute Gasteiger partial charge is 0.300 e. The van der Waals surface area contributed by atoms with Crippen molar-refractivity contribution in [2.75, 3.05) is 0 Å². The SMILES string of the molecule is C=C(CC)C(=O)CCC(=O)CC. The van der Waals surface area contributed by atoms with E-state index in [1.165, 1.54) is 0 Å². The van der Waals surface area contributed by atoms with Gasteiger partial charge in [0.25, 0.3) is 0 Å². The molecule has 0 fully saturated rings. The summed E-state index contributed by atoms with van der Waals surface area (Å²) in [6.07, 6.45) is 1.90. The second kappa shape index (κ2) is 5.70. The van der Waals surface area contributed by atoms with Gasteiger partial charge in [-0.05, 0) is 12.0 Å². The van der Waals surface area contributed by atoms with Crippen molar-refractivity contribution in [2.24, 2.45) is 0 Å². The van der Waals surface area contributed by atoms with Gasteiger partial charge in [0, 0.05) is 19.3 Å². The highest BCUT2D eigenvalue weighted by molar-refractivity contribution is 5.96. The van der Waals surface area contributed by atoms with Crippen molar-refractivity contribution in [3.8, 4) is 0 Å². The van der Waals surface area contributed by atoms with Gasteiger partial charge < -0.3 is 0 Å². The van der Waals surface area contributed by atoms with Gasteiger partial charge in [0.1, 0.15) is 5.78 Å². The van der Waals surface area contributed by atoms with Crippen molar-refractivity contribution < 1.29 is 9.59 Å². The zero-order valence-corrected chi connectivity index (χ0v) is 7.85. The van der Waals surface area contributed by atoms with Gasteiger partial charge in [-0.1, -0.05) is 20.4 Å². The summed E-state index contributed by atoms with van der Waals surface area (Å²) in [6.45, 7) is 7.31. The summed E-state index contributed by atoms with van der Waals surface area (Å²) in [5, 5.41) is 0. The Kier molecular flexibility index (Phi) is 5.26. The molecule has 2 nitrogen and oxygen atoms in total. The molecule has 0 aliphatic heterocycles. The van der Waals surface area contributed by atoms with E-state index < -0.39 is 0 Å². The lowest BCUT2D eigenvalue weighted by Gasteiger charge is -1.99. The monoisotopic (exact) mass is 168 g/mol. The first-order chi connectivity index (χ1) is 5.61. The summed E-state index contributed by atoms with van der Waals surface area (Å²) in [6, 6.07) is 0. The van der Waals surface area contributed by atoms with E-state index in [0.29, 0.717) is 31.3 Å².